The smallest absolute Gasteiger partial charge is 0.416 e. The molecule has 2 aromatic rings. The average molecular weight is 539 g/mol. The Bertz CT molecular complexity index is 995. The molecule has 1 saturated heterocycles. The van der Waals surface area contributed by atoms with Crippen LogP contribution in [0, 0.1) is 0 Å². The maximum absolute atomic E-state index is 13.4. The van der Waals surface area contributed by atoms with Crippen molar-refractivity contribution in [3.8, 4) is 11.5 Å². The molecule has 0 bridgehead atoms. The predicted octanol–water partition coefficient (Wildman–Crippen LogP) is 5.66. The minimum Gasteiger partial charge on any atom is -0.491 e. The van der Waals surface area contributed by atoms with Crippen LogP contribution in [-0.4, -0.2) is 60.6 Å². The van der Waals surface area contributed by atoms with Crippen molar-refractivity contribution in [2.45, 2.75) is 77.5 Å². The third kappa shape index (κ3) is 9.16. The Hall–Kier alpha value is -2.85. The second-order valence-corrected chi connectivity index (χ2v) is 9.54. The van der Waals surface area contributed by atoms with Gasteiger partial charge < -0.3 is 23.8 Å². The van der Waals surface area contributed by atoms with Crippen LogP contribution in [0.4, 0.5) is 13.2 Å². The third-order valence-corrected chi connectivity index (χ3v) is 6.06. The van der Waals surface area contributed by atoms with E-state index in [9.17, 15) is 18.0 Å². The van der Waals surface area contributed by atoms with Gasteiger partial charge in [0.25, 0.3) is 5.91 Å². The predicted molar refractivity (Wildman–Crippen MR) is 136 cm³/mol. The summed E-state index contributed by atoms with van der Waals surface area (Å²) in [6.45, 7) is 6.87. The zero-order valence-corrected chi connectivity index (χ0v) is 22.2. The van der Waals surface area contributed by atoms with Crippen molar-refractivity contribution >= 4 is 5.91 Å². The van der Waals surface area contributed by atoms with Crippen LogP contribution in [0.25, 0.3) is 0 Å². The Kier molecular flexibility index (Phi) is 11.2. The van der Waals surface area contributed by atoms with Crippen LogP contribution in [-0.2, 0) is 26.9 Å². The third-order valence-electron chi connectivity index (χ3n) is 6.06. The van der Waals surface area contributed by atoms with E-state index in [0.717, 1.165) is 37.0 Å². The number of amides is 1. The van der Waals surface area contributed by atoms with Crippen molar-refractivity contribution in [2.75, 3.05) is 26.4 Å². The number of rotatable bonds is 13. The molecule has 3 rings (SSSR count). The SMILES string of the molecule is CCCN(C(=O)COc1ccc(C(F)(F)F)cc1)[C@@H](COC1CCCCO1)Cc1cnccc1OC(C)C. The molecule has 210 valence electrons. The lowest BCUT2D eigenvalue weighted by Crippen LogP contribution is -2.47. The Balaban J connectivity index is 1.75. The van der Waals surface area contributed by atoms with E-state index >= 15 is 0 Å². The Morgan fingerprint density at radius 1 is 1.18 bits per heavy atom. The van der Waals surface area contributed by atoms with Crippen LogP contribution < -0.4 is 9.47 Å². The zero-order valence-electron chi connectivity index (χ0n) is 22.2. The number of pyridine rings is 1. The standard InChI is InChI=1S/C28H37F3N2O5/c1-4-14-33(26(34)19-36-24-10-8-22(9-11-24)28(29,30)31)23(18-37-27-7-5-6-15-35-27)16-21-17-32-13-12-25(21)38-20(2)3/h8-13,17,20,23,27H,4-7,14-16,18-19H2,1-3H3/t23-,27?/m1/s1. The molecule has 0 spiro atoms. The lowest BCUT2D eigenvalue weighted by molar-refractivity contribution is -0.173. The molecular weight excluding hydrogens is 501 g/mol. The lowest BCUT2D eigenvalue weighted by Gasteiger charge is -2.34. The number of hydrogen-bond donors (Lipinski definition) is 0. The van der Waals surface area contributed by atoms with Gasteiger partial charge in [-0.15, -0.1) is 0 Å². The van der Waals surface area contributed by atoms with Crippen molar-refractivity contribution in [3.05, 3.63) is 53.9 Å². The highest BCUT2D eigenvalue weighted by Crippen LogP contribution is 2.30. The number of carbonyl (C=O) groups excluding carboxylic acids is 1. The molecule has 1 aromatic heterocycles. The molecule has 0 radical (unpaired) electrons. The summed E-state index contributed by atoms with van der Waals surface area (Å²) in [7, 11) is 0. The number of carbonyl (C=O) groups is 1. The van der Waals surface area contributed by atoms with E-state index in [4.69, 9.17) is 18.9 Å². The Labute approximate surface area is 222 Å². The number of ether oxygens (including phenoxy) is 4. The summed E-state index contributed by atoms with van der Waals surface area (Å²) >= 11 is 0. The summed E-state index contributed by atoms with van der Waals surface area (Å²) in [6.07, 6.45) is 2.54. The summed E-state index contributed by atoms with van der Waals surface area (Å²) in [4.78, 5) is 19.3. The van der Waals surface area contributed by atoms with Gasteiger partial charge in [0.15, 0.2) is 12.9 Å². The van der Waals surface area contributed by atoms with Gasteiger partial charge >= 0.3 is 6.18 Å². The molecule has 0 aliphatic carbocycles. The highest BCUT2D eigenvalue weighted by atomic mass is 19.4. The van der Waals surface area contributed by atoms with Crippen molar-refractivity contribution in [2.24, 2.45) is 0 Å². The van der Waals surface area contributed by atoms with E-state index in [1.165, 1.54) is 12.1 Å². The van der Waals surface area contributed by atoms with Gasteiger partial charge in [0.1, 0.15) is 11.5 Å². The second-order valence-electron chi connectivity index (χ2n) is 9.54. The van der Waals surface area contributed by atoms with Crippen LogP contribution in [0.15, 0.2) is 42.7 Å². The van der Waals surface area contributed by atoms with Crippen molar-refractivity contribution in [1.29, 1.82) is 0 Å². The van der Waals surface area contributed by atoms with Crippen LogP contribution in [0.1, 0.15) is 57.6 Å². The fourth-order valence-electron chi connectivity index (χ4n) is 4.23. The van der Waals surface area contributed by atoms with Crippen LogP contribution in [0.2, 0.25) is 0 Å². The van der Waals surface area contributed by atoms with E-state index in [1.807, 2.05) is 20.8 Å². The molecular formula is C28H37F3N2O5. The van der Waals surface area contributed by atoms with Gasteiger partial charge in [0.05, 0.1) is 24.3 Å². The summed E-state index contributed by atoms with van der Waals surface area (Å²) in [5.41, 5.74) is 0.0683. The first-order valence-corrected chi connectivity index (χ1v) is 13.1. The Morgan fingerprint density at radius 2 is 1.95 bits per heavy atom. The van der Waals surface area contributed by atoms with Gasteiger partial charge in [-0.05, 0) is 69.9 Å². The first-order valence-electron chi connectivity index (χ1n) is 13.1. The van der Waals surface area contributed by atoms with Crippen molar-refractivity contribution < 1.29 is 36.9 Å². The molecule has 7 nitrogen and oxygen atoms in total. The van der Waals surface area contributed by atoms with Gasteiger partial charge in [-0.2, -0.15) is 13.2 Å². The average Bonchev–Trinajstić information content (AvgIpc) is 2.89. The summed E-state index contributed by atoms with van der Waals surface area (Å²) in [5.74, 6) is 0.588. The highest BCUT2D eigenvalue weighted by molar-refractivity contribution is 5.78. The molecule has 0 saturated carbocycles. The van der Waals surface area contributed by atoms with E-state index in [-0.39, 0.29) is 43.3 Å². The minimum absolute atomic E-state index is 0.0352. The number of alkyl halides is 3. The van der Waals surface area contributed by atoms with E-state index in [2.05, 4.69) is 4.98 Å². The van der Waals surface area contributed by atoms with Crippen molar-refractivity contribution in [1.82, 2.24) is 9.88 Å². The number of hydrogen-bond acceptors (Lipinski definition) is 6. The molecule has 2 heterocycles. The summed E-state index contributed by atoms with van der Waals surface area (Å²) < 4.78 is 61.9. The highest BCUT2D eigenvalue weighted by Gasteiger charge is 2.30. The number of halogens is 3. The zero-order chi connectivity index (χ0) is 27.5. The van der Waals surface area contributed by atoms with E-state index in [0.29, 0.717) is 31.7 Å². The summed E-state index contributed by atoms with van der Waals surface area (Å²) in [5, 5.41) is 0. The number of benzene rings is 1. The minimum atomic E-state index is -4.44. The monoisotopic (exact) mass is 538 g/mol. The normalized spacial score (nSPS) is 16.8. The maximum atomic E-state index is 13.4. The fraction of sp³-hybridized carbons (Fsp3) is 0.571. The first kappa shape index (κ1) is 29.7. The lowest BCUT2D eigenvalue weighted by atomic mass is 10.0. The molecule has 1 unspecified atom stereocenters. The van der Waals surface area contributed by atoms with E-state index < -0.39 is 11.7 Å². The topological polar surface area (TPSA) is 70.1 Å². The molecule has 10 heteroatoms. The maximum Gasteiger partial charge on any atom is 0.416 e. The summed E-state index contributed by atoms with van der Waals surface area (Å²) in [6, 6.07) is 5.74. The number of nitrogens with zero attached hydrogens (tertiary/aromatic N) is 2. The fourth-order valence-corrected chi connectivity index (χ4v) is 4.23. The van der Waals surface area contributed by atoms with Gasteiger partial charge in [-0.3, -0.25) is 9.78 Å². The van der Waals surface area contributed by atoms with Crippen LogP contribution in [0.3, 0.4) is 0 Å². The number of aromatic nitrogens is 1. The largest absolute Gasteiger partial charge is 0.491 e. The molecule has 2 atom stereocenters. The first-order chi connectivity index (χ1) is 18.2. The Morgan fingerprint density at radius 3 is 2.58 bits per heavy atom. The molecule has 38 heavy (non-hydrogen) atoms. The van der Waals surface area contributed by atoms with Gasteiger partial charge in [0, 0.05) is 37.5 Å². The van der Waals surface area contributed by atoms with Crippen molar-refractivity contribution in [3.63, 3.8) is 0 Å². The molecule has 1 amide bonds. The molecule has 1 aliphatic rings. The second kappa shape index (κ2) is 14.3. The molecule has 1 aromatic carbocycles. The van der Waals surface area contributed by atoms with Crippen LogP contribution in [0.5, 0.6) is 11.5 Å². The van der Waals surface area contributed by atoms with Gasteiger partial charge in [-0.25, -0.2) is 0 Å². The quantitative estimate of drug-likeness (QED) is 0.328. The molecule has 1 fully saturated rings. The van der Waals surface area contributed by atoms with E-state index in [1.54, 1.807) is 23.4 Å². The van der Waals surface area contributed by atoms with Gasteiger partial charge in [-0.1, -0.05) is 6.92 Å². The van der Waals surface area contributed by atoms with Gasteiger partial charge in [0.2, 0.25) is 0 Å². The van der Waals surface area contributed by atoms with Crippen LogP contribution >= 0.6 is 0 Å². The molecule has 0 N–H and O–H groups in total. The molecule has 1 aliphatic heterocycles.